The van der Waals surface area contributed by atoms with Crippen molar-refractivity contribution in [1.29, 1.82) is 0 Å². The lowest BCUT2D eigenvalue weighted by Crippen LogP contribution is -2.12. The number of halogens is 3. The SMILES string of the molecule is O=C(O)COc1ccc(Br)cc1C(=O)c1cc(-c2c(Cl)cccc2Cl)no1. The van der Waals surface area contributed by atoms with Gasteiger partial charge in [0.2, 0.25) is 11.5 Å². The Hall–Kier alpha value is -2.35. The molecular weight excluding hydrogens is 461 g/mol. The molecule has 138 valence electrons. The van der Waals surface area contributed by atoms with Gasteiger partial charge >= 0.3 is 5.97 Å². The van der Waals surface area contributed by atoms with Crippen LogP contribution in [0.25, 0.3) is 11.3 Å². The number of rotatable bonds is 6. The average molecular weight is 471 g/mol. The molecule has 0 bridgehead atoms. The fraction of sp³-hybridized carbons (Fsp3) is 0.0556. The highest BCUT2D eigenvalue weighted by Crippen LogP contribution is 2.35. The van der Waals surface area contributed by atoms with Gasteiger partial charge in [0.25, 0.3) is 0 Å². The van der Waals surface area contributed by atoms with Gasteiger partial charge in [0.15, 0.2) is 6.61 Å². The summed E-state index contributed by atoms with van der Waals surface area (Å²) in [5.41, 5.74) is 0.871. The molecule has 0 saturated heterocycles. The highest BCUT2D eigenvalue weighted by Gasteiger charge is 2.22. The minimum absolute atomic E-state index is 0.0701. The second-order valence-corrected chi connectivity index (χ2v) is 7.06. The van der Waals surface area contributed by atoms with E-state index in [9.17, 15) is 9.59 Å². The standard InChI is InChI=1S/C18H10BrCl2NO5/c19-9-4-5-14(26-8-16(23)24)10(6-9)18(25)15-7-13(22-27-15)17-11(20)2-1-3-12(17)21/h1-7H,8H2,(H,23,24). The van der Waals surface area contributed by atoms with Crippen LogP contribution in [0.1, 0.15) is 16.1 Å². The number of carboxylic acids is 1. The zero-order valence-electron chi connectivity index (χ0n) is 13.4. The van der Waals surface area contributed by atoms with Gasteiger partial charge in [0.05, 0.1) is 15.6 Å². The topological polar surface area (TPSA) is 89.6 Å². The van der Waals surface area contributed by atoms with Crippen LogP contribution in [-0.4, -0.2) is 28.6 Å². The third-order valence-electron chi connectivity index (χ3n) is 3.49. The van der Waals surface area contributed by atoms with Gasteiger partial charge in [-0.2, -0.15) is 0 Å². The first-order valence-electron chi connectivity index (χ1n) is 7.46. The fourth-order valence-electron chi connectivity index (χ4n) is 2.32. The molecule has 3 aromatic rings. The Balaban J connectivity index is 1.97. The molecule has 0 atom stereocenters. The van der Waals surface area contributed by atoms with Crippen molar-refractivity contribution in [2.24, 2.45) is 0 Å². The molecule has 1 heterocycles. The summed E-state index contributed by atoms with van der Waals surface area (Å²) in [6.07, 6.45) is 0. The Bertz CT molecular complexity index is 1010. The lowest BCUT2D eigenvalue weighted by atomic mass is 10.1. The number of carbonyl (C=O) groups is 2. The zero-order valence-corrected chi connectivity index (χ0v) is 16.5. The normalized spacial score (nSPS) is 10.6. The molecular formula is C18H10BrCl2NO5. The Morgan fingerprint density at radius 2 is 1.85 bits per heavy atom. The molecule has 6 nitrogen and oxygen atoms in total. The molecule has 0 radical (unpaired) electrons. The number of benzene rings is 2. The van der Waals surface area contributed by atoms with Crippen LogP contribution in [0.4, 0.5) is 0 Å². The lowest BCUT2D eigenvalue weighted by molar-refractivity contribution is -0.139. The van der Waals surface area contributed by atoms with Gasteiger partial charge < -0.3 is 14.4 Å². The molecule has 0 aliphatic carbocycles. The monoisotopic (exact) mass is 469 g/mol. The van der Waals surface area contributed by atoms with Crippen molar-refractivity contribution in [3.63, 3.8) is 0 Å². The maximum absolute atomic E-state index is 12.8. The van der Waals surface area contributed by atoms with E-state index in [1.54, 1.807) is 24.3 Å². The summed E-state index contributed by atoms with van der Waals surface area (Å²) in [4.78, 5) is 23.6. The second-order valence-electron chi connectivity index (χ2n) is 5.33. The van der Waals surface area contributed by atoms with E-state index in [2.05, 4.69) is 21.1 Å². The van der Waals surface area contributed by atoms with E-state index in [0.717, 1.165) is 0 Å². The molecule has 0 aliphatic heterocycles. The third-order valence-corrected chi connectivity index (χ3v) is 4.61. The Morgan fingerprint density at radius 3 is 2.52 bits per heavy atom. The summed E-state index contributed by atoms with van der Waals surface area (Å²) in [5, 5.41) is 13.4. The van der Waals surface area contributed by atoms with Crippen molar-refractivity contribution in [2.75, 3.05) is 6.61 Å². The molecule has 9 heteroatoms. The number of carbonyl (C=O) groups excluding carboxylic acids is 1. The van der Waals surface area contributed by atoms with Gasteiger partial charge in [-0.05, 0) is 30.3 Å². The van der Waals surface area contributed by atoms with Crippen LogP contribution in [-0.2, 0) is 4.79 Å². The molecule has 0 fully saturated rings. The number of nitrogens with zero attached hydrogens (tertiary/aromatic N) is 1. The van der Waals surface area contributed by atoms with Gasteiger partial charge in [-0.25, -0.2) is 4.79 Å². The predicted molar refractivity (Wildman–Crippen MR) is 103 cm³/mol. The Kier molecular flexibility index (Phi) is 5.84. The van der Waals surface area contributed by atoms with Gasteiger partial charge in [-0.15, -0.1) is 0 Å². The van der Waals surface area contributed by atoms with Crippen molar-refractivity contribution in [2.45, 2.75) is 0 Å². The molecule has 27 heavy (non-hydrogen) atoms. The fourth-order valence-corrected chi connectivity index (χ4v) is 3.27. The summed E-state index contributed by atoms with van der Waals surface area (Å²) in [5.74, 6) is -1.65. The van der Waals surface area contributed by atoms with Gasteiger partial charge in [0.1, 0.15) is 11.4 Å². The largest absolute Gasteiger partial charge is 0.481 e. The van der Waals surface area contributed by atoms with E-state index in [4.69, 9.17) is 37.6 Å². The van der Waals surface area contributed by atoms with Crippen molar-refractivity contribution in [3.8, 4) is 17.0 Å². The zero-order chi connectivity index (χ0) is 19.6. The molecule has 1 N–H and O–H groups in total. The maximum atomic E-state index is 12.8. The third kappa shape index (κ3) is 4.32. The van der Waals surface area contributed by atoms with Crippen molar-refractivity contribution in [1.82, 2.24) is 5.16 Å². The predicted octanol–water partition coefficient (Wildman–Crippen LogP) is 5.11. The van der Waals surface area contributed by atoms with Crippen LogP contribution in [0.3, 0.4) is 0 Å². The van der Waals surface area contributed by atoms with E-state index in [1.807, 2.05) is 0 Å². The van der Waals surface area contributed by atoms with Crippen LogP contribution in [0.5, 0.6) is 5.75 Å². The lowest BCUT2D eigenvalue weighted by Gasteiger charge is -2.08. The number of aliphatic carboxylic acids is 1. The number of hydrogen-bond donors (Lipinski definition) is 1. The first-order valence-corrected chi connectivity index (χ1v) is 9.01. The van der Waals surface area contributed by atoms with Gasteiger partial charge in [0, 0.05) is 16.1 Å². The van der Waals surface area contributed by atoms with E-state index in [-0.39, 0.29) is 17.1 Å². The number of hydrogen-bond acceptors (Lipinski definition) is 5. The van der Waals surface area contributed by atoms with E-state index in [1.165, 1.54) is 18.2 Å². The highest BCUT2D eigenvalue weighted by atomic mass is 79.9. The number of aromatic nitrogens is 1. The molecule has 0 saturated carbocycles. The molecule has 0 unspecified atom stereocenters. The minimum atomic E-state index is -1.16. The Labute approximate surface area is 171 Å². The highest BCUT2D eigenvalue weighted by molar-refractivity contribution is 9.10. The summed E-state index contributed by atoms with van der Waals surface area (Å²) in [6.45, 7) is -0.585. The second kappa shape index (κ2) is 8.12. The quantitative estimate of drug-likeness (QED) is 0.503. The van der Waals surface area contributed by atoms with E-state index in [0.29, 0.717) is 25.8 Å². The van der Waals surface area contributed by atoms with Crippen LogP contribution in [0.2, 0.25) is 10.0 Å². The molecule has 0 spiro atoms. The molecule has 1 aromatic heterocycles. The van der Waals surface area contributed by atoms with Crippen LogP contribution in [0.15, 0.2) is 51.5 Å². The van der Waals surface area contributed by atoms with E-state index < -0.39 is 18.4 Å². The van der Waals surface area contributed by atoms with Crippen molar-refractivity contribution < 1.29 is 24.0 Å². The minimum Gasteiger partial charge on any atom is -0.481 e. The molecule has 2 aromatic carbocycles. The van der Waals surface area contributed by atoms with E-state index >= 15 is 0 Å². The van der Waals surface area contributed by atoms with Crippen molar-refractivity contribution in [3.05, 3.63) is 68.3 Å². The van der Waals surface area contributed by atoms with Gasteiger partial charge in [-0.3, -0.25) is 4.79 Å². The van der Waals surface area contributed by atoms with Gasteiger partial charge in [-0.1, -0.05) is 50.4 Å². The first kappa shape index (κ1) is 19.4. The Morgan fingerprint density at radius 1 is 1.15 bits per heavy atom. The number of ether oxygens (including phenoxy) is 1. The van der Waals surface area contributed by atoms with Crippen LogP contribution < -0.4 is 4.74 Å². The number of ketones is 1. The van der Waals surface area contributed by atoms with Crippen LogP contribution >= 0.6 is 39.1 Å². The summed E-state index contributed by atoms with van der Waals surface area (Å²) < 4.78 is 11.0. The summed E-state index contributed by atoms with van der Waals surface area (Å²) >= 11 is 15.6. The molecule has 0 amide bonds. The summed E-state index contributed by atoms with van der Waals surface area (Å²) in [7, 11) is 0. The maximum Gasteiger partial charge on any atom is 0.341 e. The van der Waals surface area contributed by atoms with Crippen LogP contribution in [0, 0.1) is 0 Å². The number of carboxylic acid groups (broad SMARTS) is 1. The van der Waals surface area contributed by atoms with Crippen molar-refractivity contribution >= 4 is 50.9 Å². The average Bonchev–Trinajstić information content (AvgIpc) is 3.09. The summed E-state index contributed by atoms with van der Waals surface area (Å²) in [6, 6.07) is 11.0. The molecule has 0 aliphatic rings. The first-order chi connectivity index (χ1) is 12.9. The molecule has 3 rings (SSSR count). The smallest absolute Gasteiger partial charge is 0.341 e.